The Balaban J connectivity index is 1.68. The summed E-state index contributed by atoms with van der Waals surface area (Å²) in [6.45, 7) is 3.67. The topological polar surface area (TPSA) is 87.4 Å². The molecule has 1 unspecified atom stereocenters. The molecule has 0 fully saturated rings. The van der Waals surface area contributed by atoms with Crippen molar-refractivity contribution in [2.45, 2.75) is 26.3 Å². The van der Waals surface area contributed by atoms with E-state index in [1.165, 1.54) is 5.56 Å². The number of aliphatic hydroxyl groups is 1. The highest BCUT2D eigenvalue weighted by Crippen LogP contribution is 2.20. The third kappa shape index (κ3) is 3.97. The van der Waals surface area contributed by atoms with Gasteiger partial charge in [0.2, 0.25) is 0 Å². The molecule has 2 amide bonds. The van der Waals surface area contributed by atoms with E-state index in [2.05, 4.69) is 22.5 Å². The van der Waals surface area contributed by atoms with Crippen LogP contribution in [0.5, 0.6) is 0 Å². The molecule has 6 heteroatoms. The number of carbonyl (C=O) groups is 1. The number of fused-ring (bicyclic) bond motifs is 1. The smallest absolute Gasteiger partial charge is 0.319 e. The first-order chi connectivity index (χ1) is 12.1. The molecule has 3 N–H and O–H groups in total. The summed E-state index contributed by atoms with van der Waals surface area (Å²) in [5.74, 6) is 0.576. The second-order valence-corrected chi connectivity index (χ2v) is 5.84. The van der Waals surface area contributed by atoms with Crippen molar-refractivity contribution in [1.29, 1.82) is 0 Å². The van der Waals surface area contributed by atoms with E-state index in [-0.39, 0.29) is 6.61 Å². The third-order valence-electron chi connectivity index (χ3n) is 4.03. The van der Waals surface area contributed by atoms with Crippen molar-refractivity contribution in [3.05, 3.63) is 59.5 Å². The molecule has 3 rings (SSSR count). The molecule has 0 saturated heterocycles. The first-order valence-electron chi connectivity index (χ1n) is 8.23. The molecule has 0 bridgehead atoms. The number of hydrogen-bond donors (Lipinski definition) is 3. The molecule has 0 saturated carbocycles. The Morgan fingerprint density at radius 3 is 2.68 bits per heavy atom. The lowest BCUT2D eigenvalue weighted by atomic mass is 10.0. The van der Waals surface area contributed by atoms with Gasteiger partial charge >= 0.3 is 6.03 Å². The van der Waals surface area contributed by atoms with Gasteiger partial charge in [0.05, 0.1) is 12.6 Å². The van der Waals surface area contributed by atoms with E-state index in [4.69, 9.17) is 4.42 Å². The first-order valence-corrected chi connectivity index (χ1v) is 8.23. The minimum atomic E-state index is -0.470. The number of nitrogens with one attached hydrogen (secondary N) is 2. The Labute approximate surface area is 145 Å². The number of aryl methyl sites for hydroxylation is 2. The fourth-order valence-corrected chi connectivity index (χ4v) is 2.66. The second kappa shape index (κ2) is 7.36. The van der Waals surface area contributed by atoms with Gasteiger partial charge in [-0.15, -0.1) is 0 Å². The second-order valence-electron chi connectivity index (χ2n) is 5.84. The molecule has 0 radical (unpaired) electrons. The number of nitrogens with zero attached hydrogens (tertiary/aromatic N) is 1. The molecule has 25 heavy (non-hydrogen) atoms. The maximum Gasteiger partial charge on any atom is 0.319 e. The molecule has 2 aromatic carbocycles. The van der Waals surface area contributed by atoms with Crippen LogP contribution in [0.1, 0.15) is 30.0 Å². The highest BCUT2D eigenvalue weighted by molar-refractivity contribution is 5.91. The fraction of sp³-hybridized carbons (Fsp3) is 0.263. The number of aliphatic hydroxyl groups excluding tert-OH is 1. The van der Waals surface area contributed by atoms with Crippen molar-refractivity contribution in [2.24, 2.45) is 0 Å². The van der Waals surface area contributed by atoms with E-state index >= 15 is 0 Å². The van der Waals surface area contributed by atoms with Gasteiger partial charge in [0, 0.05) is 18.7 Å². The number of rotatable bonds is 5. The average molecular weight is 339 g/mol. The number of urea groups is 1. The SMILES string of the molecule is CCc1ccc(C(CO)NC(=O)Nc2ccc3nc(C)oc3c2)cc1. The fourth-order valence-electron chi connectivity index (χ4n) is 2.66. The summed E-state index contributed by atoms with van der Waals surface area (Å²) >= 11 is 0. The summed E-state index contributed by atoms with van der Waals surface area (Å²) in [6, 6.07) is 12.2. The Morgan fingerprint density at radius 2 is 2.00 bits per heavy atom. The Kier molecular flexibility index (Phi) is 5.00. The standard InChI is InChI=1S/C19H21N3O3/c1-3-13-4-6-14(7-5-13)17(11-23)22-19(24)21-15-8-9-16-18(10-15)25-12(2)20-16/h4-10,17,23H,3,11H2,1-2H3,(H2,21,22,24). The maximum atomic E-state index is 12.2. The van der Waals surface area contributed by atoms with Gasteiger partial charge in [0.25, 0.3) is 0 Å². The summed E-state index contributed by atoms with van der Waals surface area (Å²) in [4.78, 5) is 16.5. The van der Waals surface area contributed by atoms with E-state index in [0.29, 0.717) is 17.2 Å². The molecular weight excluding hydrogens is 318 g/mol. The Bertz CT molecular complexity index is 871. The normalized spacial score (nSPS) is 12.1. The minimum absolute atomic E-state index is 0.181. The van der Waals surface area contributed by atoms with Crippen molar-refractivity contribution >= 4 is 22.8 Å². The van der Waals surface area contributed by atoms with Gasteiger partial charge in [0.15, 0.2) is 11.5 Å². The Morgan fingerprint density at radius 1 is 1.24 bits per heavy atom. The zero-order valence-electron chi connectivity index (χ0n) is 14.2. The molecule has 0 spiro atoms. The number of amides is 2. The van der Waals surface area contributed by atoms with Gasteiger partial charge in [-0.25, -0.2) is 9.78 Å². The number of oxazole rings is 1. The van der Waals surface area contributed by atoms with Gasteiger partial charge in [-0.1, -0.05) is 31.2 Å². The highest BCUT2D eigenvalue weighted by atomic mass is 16.3. The van der Waals surface area contributed by atoms with Crippen LogP contribution in [0, 0.1) is 6.92 Å². The van der Waals surface area contributed by atoms with Gasteiger partial charge in [-0.05, 0) is 29.7 Å². The zero-order chi connectivity index (χ0) is 17.8. The van der Waals surface area contributed by atoms with Crippen LogP contribution in [0.2, 0.25) is 0 Å². The maximum absolute atomic E-state index is 12.2. The lowest BCUT2D eigenvalue weighted by Gasteiger charge is -2.17. The molecule has 0 aliphatic carbocycles. The summed E-state index contributed by atoms with van der Waals surface area (Å²) in [6.07, 6.45) is 0.946. The average Bonchev–Trinajstić information content (AvgIpc) is 2.99. The Hall–Kier alpha value is -2.86. The number of carbonyl (C=O) groups excluding carboxylic acids is 1. The molecule has 1 heterocycles. The first kappa shape index (κ1) is 17.0. The van der Waals surface area contributed by atoms with Crippen LogP contribution < -0.4 is 10.6 Å². The molecule has 1 atom stereocenters. The summed E-state index contributed by atoms with van der Waals surface area (Å²) in [7, 11) is 0. The molecule has 6 nitrogen and oxygen atoms in total. The molecule has 130 valence electrons. The molecular formula is C19H21N3O3. The van der Waals surface area contributed by atoms with Crippen LogP contribution in [-0.2, 0) is 6.42 Å². The van der Waals surface area contributed by atoms with Crippen molar-refractivity contribution < 1.29 is 14.3 Å². The van der Waals surface area contributed by atoms with Crippen molar-refractivity contribution in [3.63, 3.8) is 0 Å². The van der Waals surface area contributed by atoms with Crippen LogP contribution in [0.4, 0.5) is 10.5 Å². The number of benzene rings is 2. The van der Waals surface area contributed by atoms with Crippen LogP contribution in [-0.4, -0.2) is 22.7 Å². The number of anilines is 1. The summed E-state index contributed by atoms with van der Waals surface area (Å²) < 4.78 is 5.46. The van der Waals surface area contributed by atoms with E-state index < -0.39 is 12.1 Å². The highest BCUT2D eigenvalue weighted by Gasteiger charge is 2.14. The van der Waals surface area contributed by atoms with Crippen molar-refractivity contribution in [2.75, 3.05) is 11.9 Å². The van der Waals surface area contributed by atoms with Gasteiger partial charge < -0.3 is 20.2 Å². The summed E-state index contributed by atoms with van der Waals surface area (Å²) in [5, 5.41) is 15.1. The van der Waals surface area contributed by atoms with E-state index in [0.717, 1.165) is 17.5 Å². The largest absolute Gasteiger partial charge is 0.441 e. The quantitative estimate of drug-likeness (QED) is 0.663. The molecule has 0 aliphatic rings. The van der Waals surface area contributed by atoms with E-state index in [1.807, 2.05) is 24.3 Å². The van der Waals surface area contributed by atoms with Crippen molar-refractivity contribution in [1.82, 2.24) is 10.3 Å². The lowest BCUT2D eigenvalue weighted by Crippen LogP contribution is -2.34. The van der Waals surface area contributed by atoms with Gasteiger partial charge in [0.1, 0.15) is 5.52 Å². The lowest BCUT2D eigenvalue weighted by molar-refractivity contribution is 0.225. The third-order valence-corrected chi connectivity index (χ3v) is 4.03. The zero-order valence-corrected chi connectivity index (χ0v) is 14.2. The number of aromatic nitrogens is 1. The predicted octanol–water partition coefficient (Wildman–Crippen LogP) is 3.55. The van der Waals surface area contributed by atoms with Crippen LogP contribution in [0.25, 0.3) is 11.1 Å². The number of hydrogen-bond acceptors (Lipinski definition) is 4. The van der Waals surface area contributed by atoms with E-state index in [9.17, 15) is 9.90 Å². The summed E-state index contributed by atoms with van der Waals surface area (Å²) in [5.41, 5.74) is 4.02. The van der Waals surface area contributed by atoms with E-state index in [1.54, 1.807) is 25.1 Å². The predicted molar refractivity (Wildman–Crippen MR) is 96.5 cm³/mol. The van der Waals surface area contributed by atoms with Crippen LogP contribution in [0.15, 0.2) is 46.9 Å². The molecule has 3 aromatic rings. The van der Waals surface area contributed by atoms with Gasteiger partial charge in [-0.3, -0.25) is 0 Å². The van der Waals surface area contributed by atoms with Crippen LogP contribution in [0.3, 0.4) is 0 Å². The van der Waals surface area contributed by atoms with Crippen LogP contribution >= 0.6 is 0 Å². The molecule has 1 aromatic heterocycles. The van der Waals surface area contributed by atoms with Gasteiger partial charge in [-0.2, -0.15) is 0 Å². The van der Waals surface area contributed by atoms with Crippen molar-refractivity contribution in [3.8, 4) is 0 Å². The molecule has 0 aliphatic heterocycles. The minimum Gasteiger partial charge on any atom is -0.441 e. The monoisotopic (exact) mass is 339 g/mol.